The Labute approximate surface area is 199 Å². The highest BCUT2D eigenvalue weighted by Crippen LogP contribution is 2.31. The molecule has 5 rings (SSSR count). The lowest BCUT2D eigenvalue weighted by Gasteiger charge is -2.08. The van der Waals surface area contributed by atoms with Crippen molar-refractivity contribution in [3.63, 3.8) is 0 Å². The summed E-state index contributed by atoms with van der Waals surface area (Å²) in [5.74, 6) is 0. The average molecular weight is 531 g/mol. The number of aryl methyl sites for hydroxylation is 2. The Morgan fingerprint density at radius 1 is 0.844 bits per heavy atom. The number of hydrogen-bond donors (Lipinski definition) is 0. The molecule has 2 heterocycles. The fraction of sp³-hybridized carbons (Fsp3) is 0.111. The van der Waals surface area contributed by atoms with Crippen LogP contribution in [0.2, 0.25) is 0 Å². The lowest BCUT2D eigenvalue weighted by molar-refractivity contribution is 0.901. The maximum absolute atomic E-state index is 13.9. The Balaban J connectivity index is 1.98. The van der Waals surface area contributed by atoms with Crippen LogP contribution in [0.4, 0.5) is 5.69 Å². The Morgan fingerprint density at radius 3 is 2.38 bits per heavy atom. The van der Waals surface area contributed by atoms with Gasteiger partial charge >= 0.3 is 0 Å². The maximum Gasteiger partial charge on any atom is 0.264 e. The molecule has 0 aliphatic heterocycles. The second-order valence-corrected chi connectivity index (χ2v) is 9.22. The minimum absolute atomic E-state index is 0.0746. The van der Waals surface area contributed by atoms with Crippen LogP contribution in [0.25, 0.3) is 27.4 Å². The number of nitrogens with zero attached hydrogens (tertiary/aromatic N) is 3. The first kappa shape index (κ1) is 20.7. The van der Waals surface area contributed by atoms with E-state index in [1.807, 2.05) is 80.7 Å². The molecule has 158 valence electrons. The summed E-state index contributed by atoms with van der Waals surface area (Å²) in [6.07, 6.45) is 0. The number of benzene rings is 3. The van der Waals surface area contributed by atoms with Gasteiger partial charge in [0, 0.05) is 27.1 Å². The zero-order valence-electron chi connectivity index (χ0n) is 18.1. The van der Waals surface area contributed by atoms with Crippen molar-refractivity contribution in [1.82, 2.24) is 9.13 Å². The second kappa shape index (κ2) is 8.06. The van der Waals surface area contributed by atoms with E-state index < -0.39 is 0 Å². The first-order valence-electron chi connectivity index (χ1n) is 10.5. The highest BCUT2D eigenvalue weighted by molar-refractivity contribution is 14.1. The maximum atomic E-state index is 13.9. The predicted molar refractivity (Wildman–Crippen MR) is 140 cm³/mol. The second-order valence-electron chi connectivity index (χ2n) is 7.97. The molecule has 0 spiro atoms. The molecule has 0 radical (unpaired) electrons. The Hall–Kier alpha value is -3.19. The summed E-state index contributed by atoms with van der Waals surface area (Å²) in [6, 6.07) is 26.1. The number of aromatic nitrogens is 2. The molecule has 5 aromatic rings. The highest BCUT2D eigenvalue weighted by atomic mass is 127. The molecule has 0 bridgehead atoms. The third-order valence-corrected chi connectivity index (χ3v) is 6.71. The first-order valence-corrected chi connectivity index (χ1v) is 11.5. The van der Waals surface area contributed by atoms with Crippen LogP contribution in [0.15, 0.2) is 88.6 Å². The molecule has 0 aliphatic carbocycles. The fourth-order valence-corrected chi connectivity index (χ4v) is 4.70. The monoisotopic (exact) mass is 531 g/mol. The van der Waals surface area contributed by atoms with Crippen LogP contribution in [0, 0.1) is 17.4 Å². The molecule has 0 aliphatic rings. The van der Waals surface area contributed by atoms with Gasteiger partial charge in [-0.15, -0.1) is 0 Å². The van der Waals surface area contributed by atoms with Crippen LogP contribution in [-0.4, -0.2) is 9.13 Å². The fourth-order valence-electron chi connectivity index (χ4n) is 4.21. The highest BCUT2D eigenvalue weighted by Gasteiger charge is 2.13. The van der Waals surface area contributed by atoms with Crippen molar-refractivity contribution in [2.45, 2.75) is 13.8 Å². The lowest BCUT2D eigenvalue weighted by Crippen LogP contribution is -2.29. The molecular weight excluding hydrogens is 509 g/mol. The Kier molecular flexibility index (Phi) is 5.21. The van der Waals surface area contributed by atoms with Crippen LogP contribution >= 0.6 is 22.6 Å². The van der Waals surface area contributed by atoms with Gasteiger partial charge < -0.3 is 4.57 Å². The molecular formula is C27H22IN3O. The summed E-state index contributed by atoms with van der Waals surface area (Å²) in [5, 5.41) is 2.65. The molecule has 5 heteroatoms. The molecule has 0 saturated carbocycles. The van der Waals surface area contributed by atoms with Crippen LogP contribution < -0.4 is 11.0 Å². The number of halogens is 1. The average Bonchev–Trinajstić information content (AvgIpc) is 2.95. The van der Waals surface area contributed by atoms with E-state index in [9.17, 15) is 4.79 Å². The van der Waals surface area contributed by atoms with Crippen LogP contribution in [0.5, 0.6) is 0 Å². The molecule has 0 atom stereocenters. The Bertz CT molecular complexity index is 1640. The van der Waals surface area contributed by atoms with Gasteiger partial charge in [0.25, 0.3) is 5.56 Å². The van der Waals surface area contributed by atoms with E-state index in [1.54, 1.807) is 4.57 Å². The standard InChI is InChI=1S/C27H22IN3O/c1-17-8-4-6-10-23(17)31-25(15-13-19-12-14-20(28)16-22(19)27(31)32)29-26-18(2)30(3)24-11-7-5-9-21(24)26/h4-16H,1-3H3. The van der Waals surface area contributed by atoms with Crippen molar-refractivity contribution in [2.75, 3.05) is 0 Å². The number of fused-ring (bicyclic) bond motifs is 2. The minimum atomic E-state index is -0.0746. The summed E-state index contributed by atoms with van der Waals surface area (Å²) in [7, 11) is 2.05. The predicted octanol–water partition coefficient (Wildman–Crippen LogP) is 5.94. The van der Waals surface area contributed by atoms with Crippen molar-refractivity contribution in [3.05, 3.63) is 110 Å². The summed E-state index contributed by atoms with van der Waals surface area (Å²) in [4.78, 5) is 19.0. The Morgan fingerprint density at radius 2 is 1.56 bits per heavy atom. The van der Waals surface area contributed by atoms with E-state index >= 15 is 0 Å². The molecule has 2 aromatic heterocycles. The van der Waals surface area contributed by atoms with Gasteiger partial charge in [0.2, 0.25) is 0 Å². The number of para-hydroxylation sites is 2. The van der Waals surface area contributed by atoms with E-state index in [0.29, 0.717) is 10.9 Å². The van der Waals surface area contributed by atoms with Gasteiger partial charge in [0.05, 0.1) is 16.9 Å². The largest absolute Gasteiger partial charge is 0.346 e. The van der Waals surface area contributed by atoms with Crippen molar-refractivity contribution >= 4 is 50.0 Å². The van der Waals surface area contributed by atoms with Gasteiger partial charge in [-0.25, -0.2) is 4.99 Å². The molecule has 3 aromatic carbocycles. The minimum Gasteiger partial charge on any atom is -0.346 e. The number of hydrogen-bond acceptors (Lipinski definition) is 2. The quantitative estimate of drug-likeness (QED) is 0.260. The SMILES string of the molecule is Cc1ccccc1-n1c(=Nc2c(C)n(C)c3ccccc23)ccc2ccc(I)cc2c1=O. The lowest BCUT2D eigenvalue weighted by atomic mass is 10.2. The molecule has 0 unspecified atom stereocenters. The van der Waals surface area contributed by atoms with Crippen molar-refractivity contribution in [3.8, 4) is 5.69 Å². The van der Waals surface area contributed by atoms with Gasteiger partial charge in [0.15, 0.2) is 0 Å². The van der Waals surface area contributed by atoms with Crippen LogP contribution in [0.3, 0.4) is 0 Å². The topological polar surface area (TPSA) is 39.3 Å². The summed E-state index contributed by atoms with van der Waals surface area (Å²) in [6.45, 7) is 4.09. The zero-order valence-corrected chi connectivity index (χ0v) is 20.3. The van der Waals surface area contributed by atoms with E-state index in [-0.39, 0.29) is 5.56 Å². The van der Waals surface area contributed by atoms with Crippen LogP contribution in [0.1, 0.15) is 11.3 Å². The summed E-state index contributed by atoms with van der Waals surface area (Å²) >= 11 is 2.25. The van der Waals surface area contributed by atoms with Crippen molar-refractivity contribution < 1.29 is 0 Å². The molecule has 0 saturated heterocycles. The van der Waals surface area contributed by atoms with Crippen LogP contribution in [-0.2, 0) is 7.05 Å². The van der Waals surface area contributed by atoms with E-state index in [1.165, 1.54) is 0 Å². The first-order chi connectivity index (χ1) is 15.5. The molecule has 0 amide bonds. The number of rotatable bonds is 2. The summed E-state index contributed by atoms with van der Waals surface area (Å²) < 4.78 is 4.92. The summed E-state index contributed by atoms with van der Waals surface area (Å²) in [5.41, 5.74) is 5.45. The normalized spacial score (nSPS) is 12.1. The zero-order chi connectivity index (χ0) is 22.4. The third-order valence-electron chi connectivity index (χ3n) is 6.04. The molecule has 4 nitrogen and oxygen atoms in total. The smallest absolute Gasteiger partial charge is 0.264 e. The molecule has 0 N–H and O–H groups in total. The third kappa shape index (κ3) is 3.37. The molecule has 0 fully saturated rings. The van der Waals surface area contributed by atoms with E-state index in [2.05, 4.69) is 46.2 Å². The van der Waals surface area contributed by atoms with Gasteiger partial charge in [-0.05, 0) is 77.7 Å². The van der Waals surface area contributed by atoms with Gasteiger partial charge in [0.1, 0.15) is 5.49 Å². The van der Waals surface area contributed by atoms with Gasteiger partial charge in [-0.3, -0.25) is 9.36 Å². The van der Waals surface area contributed by atoms with E-state index in [4.69, 9.17) is 4.99 Å². The van der Waals surface area contributed by atoms with Gasteiger partial charge in [-0.2, -0.15) is 0 Å². The van der Waals surface area contributed by atoms with E-state index in [0.717, 1.165) is 42.5 Å². The molecule has 32 heavy (non-hydrogen) atoms. The van der Waals surface area contributed by atoms with Crippen molar-refractivity contribution in [2.24, 2.45) is 12.0 Å². The van der Waals surface area contributed by atoms with Gasteiger partial charge in [-0.1, -0.05) is 48.5 Å². The van der Waals surface area contributed by atoms with Crippen molar-refractivity contribution in [1.29, 1.82) is 0 Å².